The summed E-state index contributed by atoms with van der Waals surface area (Å²) in [6.07, 6.45) is 4.98. The number of nitrogens with zero attached hydrogens (tertiary/aromatic N) is 2. The third-order valence-corrected chi connectivity index (χ3v) is 3.96. The van der Waals surface area contributed by atoms with Gasteiger partial charge in [0.25, 0.3) is 0 Å². The molecule has 0 saturated heterocycles. The molecule has 0 aliphatic rings. The molecule has 22 heavy (non-hydrogen) atoms. The monoisotopic (exact) mass is 292 g/mol. The lowest BCUT2D eigenvalue weighted by Gasteiger charge is -2.20. The molecule has 0 unspecified atom stereocenters. The van der Waals surface area contributed by atoms with Crippen LogP contribution in [0.2, 0.25) is 0 Å². The average molecular weight is 292 g/mol. The van der Waals surface area contributed by atoms with E-state index < -0.39 is 6.10 Å². The number of benzene rings is 2. The van der Waals surface area contributed by atoms with Crippen molar-refractivity contribution < 1.29 is 5.11 Å². The van der Waals surface area contributed by atoms with Gasteiger partial charge < -0.3 is 9.67 Å². The summed E-state index contributed by atoms with van der Waals surface area (Å²) in [7, 11) is 0. The zero-order chi connectivity index (χ0) is 15.4. The number of hydrogen-bond donors (Lipinski definition) is 1. The van der Waals surface area contributed by atoms with Crippen LogP contribution in [0.4, 0.5) is 0 Å². The third kappa shape index (κ3) is 3.26. The molecular weight excluding hydrogens is 272 g/mol. The van der Waals surface area contributed by atoms with E-state index in [1.807, 2.05) is 41.1 Å². The maximum absolute atomic E-state index is 10.5. The Balaban J connectivity index is 1.72. The van der Waals surface area contributed by atoms with E-state index in [1.54, 1.807) is 12.5 Å². The molecule has 3 aromatic rings. The Morgan fingerprint density at radius 2 is 1.68 bits per heavy atom. The van der Waals surface area contributed by atoms with E-state index in [1.165, 1.54) is 11.1 Å². The van der Waals surface area contributed by atoms with Gasteiger partial charge in [-0.05, 0) is 16.7 Å². The molecule has 1 heterocycles. The molecule has 0 aliphatic heterocycles. The Kier molecular flexibility index (Phi) is 4.35. The molecule has 2 aromatic carbocycles. The highest BCUT2D eigenvalue weighted by Crippen LogP contribution is 2.26. The maximum Gasteiger partial charge on any atom is 0.0946 e. The second-order valence-corrected chi connectivity index (χ2v) is 5.67. The first-order valence-electron chi connectivity index (χ1n) is 7.53. The quantitative estimate of drug-likeness (QED) is 0.774. The van der Waals surface area contributed by atoms with Gasteiger partial charge in [0, 0.05) is 24.9 Å². The number of imidazole rings is 1. The van der Waals surface area contributed by atoms with E-state index >= 15 is 0 Å². The minimum Gasteiger partial charge on any atom is -0.388 e. The van der Waals surface area contributed by atoms with Crippen molar-refractivity contribution in [2.45, 2.75) is 19.6 Å². The predicted octanol–water partition coefficient (Wildman–Crippen LogP) is 3.92. The number of hydrogen-bond acceptors (Lipinski definition) is 2. The van der Waals surface area contributed by atoms with E-state index in [2.05, 4.69) is 36.2 Å². The predicted molar refractivity (Wildman–Crippen MR) is 88.2 cm³/mol. The molecule has 3 rings (SSSR count). The van der Waals surface area contributed by atoms with Gasteiger partial charge in [-0.1, -0.05) is 61.5 Å². The minimum atomic E-state index is -0.479. The highest BCUT2D eigenvalue weighted by atomic mass is 16.3. The fourth-order valence-electron chi connectivity index (χ4n) is 2.66. The molecule has 1 N–H and O–H groups in total. The van der Waals surface area contributed by atoms with Crippen molar-refractivity contribution in [3.8, 4) is 11.1 Å². The lowest BCUT2D eigenvalue weighted by Crippen LogP contribution is -2.15. The molecule has 0 fully saturated rings. The molecule has 2 atom stereocenters. The Hall–Kier alpha value is -2.39. The summed E-state index contributed by atoms with van der Waals surface area (Å²) in [5, 5.41) is 10.5. The van der Waals surface area contributed by atoms with E-state index in [0.717, 1.165) is 12.1 Å². The van der Waals surface area contributed by atoms with Gasteiger partial charge in [0.2, 0.25) is 0 Å². The third-order valence-electron chi connectivity index (χ3n) is 3.96. The first kappa shape index (κ1) is 14.5. The molecule has 0 saturated carbocycles. The molecule has 0 spiro atoms. The summed E-state index contributed by atoms with van der Waals surface area (Å²) in [4.78, 5) is 4.03. The van der Waals surface area contributed by atoms with Crippen LogP contribution in [-0.2, 0) is 6.54 Å². The Morgan fingerprint density at radius 1 is 1.00 bits per heavy atom. The number of aliphatic hydroxyl groups is 1. The molecule has 1 aromatic heterocycles. The second kappa shape index (κ2) is 6.58. The maximum atomic E-state index is 10.5. The van der Waals surface area contributed by atoms with Crippen molar-refractivity contribution in [3.63, 3.8) is 0 Å². The molecule has 0 amide bonds. The van der Waals surface area contributed by atoms with Crippen molar-refractivity contribution in [3.05, 3.63) is 78.9 Å². The largest absolute Gasteiger partial charge is 0.388 e. The zero-order valence-electron chi connectivity index (χ0n) is 12.6. The van der Waals surface area contributed by atoms with Gasteiger partial charge in [-0.3, -0.25) is 0 Å². The fourth-order valence-corrected chi connectivity index (χ4v) is 2.66. The van der Waals surface area contributed by atoms with Crippen LogP contribution >= 0.6 is 0 Å². The van der Waals surface area contributed by atoms with Crippen LogP contribution in [0, 0.1) is 5.92 Å². The Labute approximate surface area is 130 Å². The first-order valence-corrected chi connectivity index (χ1v) is 7.53. The van der Waals surface area contributed by atoms with Crippen LogP contribution in [0.5, 0.6) is 0 Å². The van der Waals surface area contributed by atoms with Crippen molar-refractivity contribution in [1.82, 2.24) is 9.55 Å². The Bertz CT molecular complexity index is 690. The van der Waals surface area contributed by atoms with Crippen molar-refractivity contribution in [2.75, 3.05) is 0 Å². The van der Waals surface area contributed by atoms with Gasteiger partial charge in [-0.2, -0.15) is 0 Å². The standard InChI is InChI=1S/C19H20N2O/c1-15(13-21-12-11-20-14-21)19(22)18-9-7-17(8-10-18)16-5-3-2-4-6-16/h2-12,14-15,19,22H,13H2,1H3/t15-,19-/m1/s1. The fraction of sp³-hybridized carbons (Fsp3) is 0.211. The molecule has 0 aliphatic carbocycles. The van der Waals surface area contributed by atoms with E-state index in [4.69, 9.17) is 0 Å². The first-order chi connectivity index (χ1) is 10.7. The number of aromatic nitrogens is 2. The van der Waals surface area contributed by atoms with Gasteiger partial charge in [0.1, 0.15) is 0 Å². The number of rotatable bonds is 5. The summed E-state index contributed by atoms with van der Waals surface area (Å²) < 4.78 is 1.99. The smallest absolute Gasteiger partial charge is 0.0946 e. The highest BCUT2D eigenvalue weighted by molar-refractivity contribution is 5.63. The second-order valence-electron chi connectivity index (χ2n) is 5.67. The van der Waals surface area contributed by atoms with Crippen molar-refractivity contribution >= 4 is 0 Å². The molecule has 3 heteroatoms. The van der Waals surface area contributed by atoms with Crippen LogP contribution in [0.25, 0.3) is 11.1 Å². The van der Waals surface area contributed by atoms with Gasteiger partial charge in [0.05, 0.1) is 12.4 Å². The summed E-state index contributed by atoms with van der Waals surface area (Å²) >= 11 is 0. The average Bonchev–Trinajstić information content (AvgIpc) is 3.08. The van der Waals surface area contributed by atoms with Gasteiger partial charge in [0.15, 0.2) is 0 Å². The summed E-state index contributed by atoms with van der Waals surface area (Å²) in [6.45, 7) is 2.80. The topological polar surface area (TPSA) is 38.0 Å². The van der Waals surface area contributed by atoms with Crippen molar-refractivity contribution in [2.24, 2.45) is 5.92 Å². The van der Waals surface area contributed by atoms with E-state index in [9.17, 15) is 5.11 Å². The van der Waals surface area contributed by atoms with Crippen LogP contribution in [0.3, 0.4) is 0 Å². The molecule has 112 valence electrons. The minimum absolute atomic E-state index is 0.122. The van der Waals surface area contributed by atoms with E-state index in [0.29, 0.717) is 0 Å². The molecule has 0 bridgehead atoms. The van der Waals surface area contributed by atoms with E-state index in [-0.39, 0.29) is 5.92 Å². The van der Waals surface area contributed by atoms with Crippen LogP contribution < -0.4 is 0 Å². The summed E-state index contributed by atoms with van der Waals surface area (Å²) in [6, 6.07) is 18.4. The Morgan fingerprint density at radius 3 is 2.32 bits per heavy atom. The highest BCUT2D eigenvalue weighted by Gasteiger charge is 2.16. The lowest BCUT2D eigenvalue weighted by molar-refractivity contribution is 0.108. The lowest BCUT2D eigenvalue weighted by atomic mass is 9.95. The van der Waals surface area contributed by atoms with Gasteiger partial charge >= 0.3 is 0 Å². The van der Waals surface area contributed by atoms with Crippen LogP contribution in [0.1, 0.15) is 18.6 Å². The number of aliphatic hydroxyl groups excluding tert-OH is 1. The summed E-state index contributed by atoms with van der Waals surface area (Å²) in [5.74, 6) is 0.122. The molecule has 0 radical (unpaired) electrons. The zero-order valence-corrected chi connectivity index (χ0v) is 12.6. The molecule has 3 nitrogen and oxygen atoms in total. The van der Waals surface area contributed by atoms with Gasteiger partial charge in [-0.25, -0.2) is 4.98 Å². The molecular formula is C19H20N2O. The summed E-state index contributed by atoms with van der Waals surface area (Å²) in [5.41, 5.74) is 3.31. The van der Waals surface area contributed by atoms with Gasteiger partial charge in [-0.15, -0.1) is 0 Å². The van der Waals surface area contributed by atoms with Crippen LogP contribution in [0.15, 0.2) is 73.3 Å². The normalized spacial score (nSPS) is 13.7. The van der Waals surface area contributed by atoms with Crippen LogP contribution in [-0.4, -0.2) is 14.7 Å². The SMILES string of the molecule is C[C@H](Cn1ccnc1)[C@@H](O)c1ccc(-c2ccccc2)cc1. The van der Waals surface area contributed by atoms with Crippen molar-refractivity contribution in [1.29, 1.82) is 0 Å².